The van der Waals surface area contributed by atoms with E-state index in [2.05, 4.69) is 4.98 Å². The van der Waals surface area contributed by atoms with Crippen molar-refractivity contribution in [1.82, 2.24) is 9.88 Å². The zero-order valence-electron chi connectivity index (χ0n) is 13.0. The number of aromatic nitrogens is 1. The van der Waals surface area contributed by atoms with Gasteiger partial charge in [0.25, 0.3) is 0 Å². The molecule has 1 fully saturated rings. The van der Waals surface area contributed by atoms with E-state index in [0.717, 1.165) is 25.0 Å². The molecule has 0 atom stereocenters. The quantitative estimate of drug-likeness (QED) is 0.926. The van der Waals surface area contributed by atoms with Crippen molar-refractivity contribution in [1.29, 1.82) is 0 Å². The standard InChI is InChI=1S/C15H24N2O4/c1-15(2,3)21-14(19)17-6-4-11(5-7-17)8-12-9-16-13(10-18)20-12/h9,11,18H,4-8,10H2,1-3H3. The number of aliphatic hydroxyl groups is 1. The van der Waals surface area contributed by atoms with E-state index in [-0.39, 0.29) is 12.7 Å². The lowest BCUT2D eigenvalue weighted by Crippen LogP contribution is -2.42. The van der Waals surface area contributed by atoms with E-state index in [1.54, 1.807) is 11.1 Å². The Labute approximate surface area is 125 Å². The van der Waals surface area contributed by atoms with Crippen molar-refractivity contribution in [2.75, 3.05) is 13.1 Å². The number of likely N-dealkylation sites (tertiary alicyclic amines) is 1. The first-order valence-electron chi connectivity index (χ1n) is 7.40. The first kappa shape index (κ1) is 15.8. The molecule has 2 heterocycles. The van der Waals surface area contributed by atoms with Crippen molar-refractivity contribution in [3.8, 4) is 0 Å². The van der Waals surface area contributed by atoms with Gasteiger partial charge in [0.15, 0.2) is 0 Å². The van der Waals surface area contributed by atoms with Gasteiger partial charge in [-0.15, -0.1) is 0 Å². The zero-order chi connectivity index (χ0) is 15.5. The van der Waals surface area contributed by atoms with Crippen molar-refractivity contribution in [2.45, 2.75) is 52.2 Å². The maximum atomic E-state index is 12.0. The summed E-state index contributed by atoms with van der Waals surface area (Å²) in [6.07, 6.45) is 4.09. The zero-order valence-corrected chi connectivity index (χ0v) is 13.0. The van der Waals surface area contributed by atoms with Crippen LogP contribution in [0, 0.1) is 5.92 Å². The molecule has 2 rings (SSSR count). The minimum atomic E-state index is -0.450. The number of rotatable bonds is 3. The smallest absolute Gasteiger partial charge is 0.410 e. The molecule has 0 aromatic carbocycles. The van der Waals surface area contributed by atoms with Gasteiger partial charge in [0, 0.05) is 19.5 Å². The van der Waals surface area contributed by atoms with E-state index in [9.17, 15) is 4.79 Å². The number of hydrogen-bond acceptors (Lipinski definition) is 5. The molecule has 1 aromatic heterocycles. The fourth-order valence-electron chi connectivity index (χ4n) is 2.45. The summed E-state index contributed by atoms with van der Waals surface area (Å²) in [7, 11) is 0. The van der Waals surface area contributed by atoms with Gasteiger partial charge in [-0.3, -0.25) is 0 Å². The number of hydrogen-bond donors (Lipinski definition) is 1. The molecule has 0 unspecified atom stereocenters. The van der Waals surface area contributed by atoms with Crippen LogP contribution < -0.4 is 0 Å². The largest absolute Gasteiger partial charge is 0.444 e. The highest BCUT2D eigenvalue weighted by Gasteiger charge is 2.27. The number of aliphatic hydroxyl groups excluding tert-OH is 1. The summed E-state index contributed by atoms with van der Waals surface area (Å²) in [5, 5.41) is 8.93. The number of ether oxygens (including phenoxy) is 1. The topological polar surface area (TPSA) is 75.8 Å². The second-order valence-corrected chi connectivity index (χ2v) is 6.49. The molecule has 1 aromatic rings. The van der Waals surface area contributed by atoms with Crippen LogP contribution in [0.2, 0.25) is 0 Å². The summed E-state index contributed by atoms with van der Waals surface area (Å²) in [5.41, 5.74) is -0.450. The van der Waals surface area contributed by atoms with E-state index >= 15 is 0 Å². The maximum absolute atomic E-state index is 12.0. The van der Waals surface area contributed by atoms with Gasteiger partial charge in [0.2, 0.25) is 5.89 Å². The second-order valence-electron chi connectivity index (χ2n) is 6.49. The van der Waals surface area contributed by atoms with E-state index in [1.165, 1.54) is 0 Å². The van der Waals surface area contributed by atoms with Crippen LogP contribution in [0.3, 0.4) is 0 Å². The molecule has 0 saturated carbocycles. The van der Waals surface area contributed by atoms with Crippen LogP contribution >= 0.6 is 0 Å². The summed E-state index contributed by atoms with van der Waals surface area (Å²) in [6.45, 7) is 6.87. The molecule has 6 heteroatoms. The SMILES string of the molecule is CC(C)(C)OC(=O)N1CCC(Cc2cnc(CO)o2)CC1. The highest BCUT2D eigenvalue weighted by atomic mass is 16.6. The van der Waals surface area contributed by atoms with Crippen LogP contribution in [-0.2, 0) is 17.8 Å². The molecule has 0 radical (unpaired) electrons. The Balaban J connectivity index is 1.79. The lowest BCUT2D eigenvalue weighted by Gasteiger charge is -2.33. The number of nitrogens with zero attached hydrogens (tertiary/aromatic N) is 2. The third kappa shape index (κ3) is 4.74. The van der Waals surface area contributed by atoms with Crippen LogP contribution in [0.4, 0.5) is 4.79 Å². The molecule has 0 aliphatic carbocycles. The molecule has 118 valence electrons. The number of oxazole rings is 1. The summed E-state index contributed by atoms with van der Waals surface area (Å²) >= 11 is 0. The van der Waals surface area contributed by atoms with Gasteiger partial charge < -0.3 is 19.2 Å². The van der Waals surface area contributed by atoms with Gasteiger partial charge >= 0.3 is 6.09 Å². The first-order chi connectivity index (χ1) is 9.87. The van der Waals surface area contributed by atoms with E-state index in [1.807, 2.05) is 20.8 Å². The Bertz CT molecular complexity index is 470. The number of piperidine rings is 1. The van der Waals surface area contributed by atoms with Gasteiger partial charge in [-0.2, -0.15) is 0 Å². The van der Waals surface area contributed by atoms with Gasteiger partial charge in [-0.05, 0) is 39.5 Å². The third-order valence-corrected chi connectivity index (χ3v) is 3.49. The highest BCUT2D eigenvalue weighted by Crippen LogP contribution is 2.23. The molecule has 1 amide bonds. The predicted molar refractivity (Wildman–Crippen MR) is 76.7 cm³/mol. The Morgan fingerprint density at radius 3 is 2.67 bits per heavy atom. The summed E-state index contributed by atoms with van der Waals surface area (Å²) in [5.74, 6) is 1.63. The molecule has 1 saturated heterocycles. The van der Waals surface area contributed by atoms with Crippen LogP contribution in [0.15, 0.2) is 10.6 Å². The molecular weight excluding hydrogens is 272 g/mol. The van der Waals surface area contributed by atoms with Crippen molar-refractivity contribution < 1.29 is 19.1 Å². The number of carbonyl (C=O) groups excluding carboxylic acids is 1. The highest BCUT2D eigenvalue weighted by molar-refractivity contribution is 5.68. The fourth-order valence-corrected chi connectivity index (χ4v) is 2.45. The van der Waals surface area contributed by atoms with Crippen LogP contribution in [0.1, 0.15) is 45.3 Å². The molecule has 0 bridgehead atoms. The van der Waals surface area contributed by atoms with Crippen molar-refractivity contribution in [3.05, 3.63) is 17.8 Å². The lowest BCUT2D eigenvalue weighted by atomic mass is 9.93. The Kier molecular flexibility index (Phi) is 4.88. The normalized spacial score (nSPS) is 17.0. The maximum Gasteiger partial charge on any atom is 0.410 e. The monoisotopic (exact) mass is 296 g/mol. The number of carbonyl (C=O) groups is 1. The molecule has 1 N–H and O–H groups in total. The first-order valence-corrected chi connectivity index (χ1v) is 7.40. The summed E-state index contributed by atoms with van der Waals surface area (Å²) in [4.78, 5) is 17.7. The third-order valence-electron chi connectivity index (χ3n) is 3.49. The van der Waals surface area contributed by atoms with Crippen LogP contribution in [0.5, 0.6) is 0 Å². The average Bonchev–Trinajstić information content (AvgIpc) is 2.85. The number of amides is 1. The minimum Gasteiger partial charge on any atom is -0.444 e. The average molecular weight is 296 g/mol. The van der Waals surface area contributed by atoms with E-state index in [0.29, 0.717) is 24.9 Å². The summed E-state index contributed by atoms with van der Waals surface area (Å²) < 4.78 is 10.8. The minimum absolute atomic E-state index is 0.170. The van der Waals surface area contributed by atoms with Gasteiger partial charge in [0.1, 0.15) is 18.0 Å². The lowest BCUT2D eigenvalue weighted by molar-refractivity contribution is 0.0183. The summed E-state index contributed by atoms with van der Waals surface area (Å²) in [6, 6.07) is 0. The molecule has 6 nitrogen and oxygen atoms in total. The molecule has 1 aliphatic rings. The van der Waals surface area contributed by atoms with Crippen molar-refractivity contribution >= 4 is 6.09 Å². The van der Waals surface area contributed by atoms with Crippen molar-refractivity contribution in [2.24, 2.45) is 5.92 Å². The van der Waals surface area contributed by atoms with E-state index in [4.69, 9.17) is 14.3 Å². The molecule has 0 spiro atoms. The molecule has 1 aliphatic heterocycles. The Morgan fingerprint density at radius 2 is 2.14 bits per heavy atom. The van der Waals surface area contributed by atoms with Crippen LogP contribution in [-0.4, -0.2) is 39.8 Å². The Morgan fingerprint density at radius 1 is 1.48 bits per heavy atom. The Hall–Kier alpha value is -1.56. The fraction of sp³-hybridized carbons (Fsp3) is 0.733. The van der Waals surface area contributed by atoms with Crippen LogP contribution in [0.25, 0.3) is 0 Å². The second kappa shape index (κ2) is 6.47. The van der Waals surface area contributed by atoms with Gasteiger partial charge in [-0.25, -0.2) is 9.78 Å². The van der Waals surface area contributed by atoms with E-state index < -0.39 is 5.60 Å². The molecular formula is C15H24N2O4. The predicted octanol–water partition coefficient (Wildman–Crippen LogP) is 2.36. The van der Waals surface area contributed by atoms with Gasteiger partial charge in [0.05, 0.1) is 6.20 Å². The van der Waals surface area contributed by atoms with Gasteiger partial charge in [-0.1, -0.05) is 0 Å². The van der Waals surface area contributed by atoms with Crippen molar-refractivity contribution in [3.63, 3.8) is 0 Å². The molecule has 21 heavy (non-hydrogen) atoms.